The van der Waals surface area contributed by atoms with E-state index in [2.05, 4.69) is 27.5 Å². The van der Waals surface area contributed by atoms with Crippen LogP contribution in [0.3, 0.4) is 0 Å². The molecule has 1 aromatic heterocycles. The lowest BCUT2D eigenvalue weighted by Gasteiger charge is -2.09. The molecule has 9 heteroatoms. The van der Waals surface area contributed by atoms with Gasteiger partial charge in [0.25, 0.3) is 0 Å². The molecule has 1 heterocycles. The molecule has 5 nitrogen and oxygen atoms in total. The summed E-state index contributed by atoms with van der Waals surface area (Å²) < 4.78 is 48.7. The number of alkyl halides is 3. The summed E-state index contributed by atoms with van der Waals surface area (Å²) in [6.45, 7) is 1.91. The van der Waals surface area contributed by atoms with E-state index in [1.807, 2.05) is 12.1 Å². The van der Waals surface area contributed by atoms with E-state index in [0.717, 1.165) is 24.3 Å². The number of ether oxygens (including phenoxy) is 1. The molecule has 0 aliphatic heterocycles. The van der Waals surface area contributed by atoms with Gasteiger partial charge in [-0.05, 0) is 36.8 Å². The Kier molecular flexibility index (Phi) is 11.2. The van der Waals surface area contributed by atoms with Crippen molar-refractivity contribution in [2.45, 2.75) is 19.2 Å². The van der Waals surface area contributed by atoms with Gasteiger partial charge in [0, 0.05) is 25.8 Å². The van der Waals surface area contributed by atoms with Crippen LogP contribution in [0, 0.1) is 11.8 Å². The standard InChI is InChI=1S/C20H22F3N3O2.HI/c1-24-19(26-11-5-12-27-15-18-9-4-13-28-18)25-10-3-7-16-6-2-8-17(14-16)20(21,22)23;/h2,4,6,8-9,13-14H,5,10-12,15H2,1H3,(H2,24,25,26);1H. The van der Waals surface area contributed by atoms with Crippen LogP contribution in [-0.2, 0) is 17.5 Å². The van der Waals surface area contributed by atoms with E-state index in [4.69, 9.17) is 9.15 Å². The maximum atomic E-state index is 12.7. The molecule has 2 aromatic rings. The highest BCUT2D eigenvalue weighted by atomic mass is 127. The Morgan fingerprint density at radius 2 is 2.03 bits per heavy atom. The number of aliphatic imine (C=N–C) groups is 1. The van der Waals surface area contributed by atoms with Crippen molar-refractivity contribution in [1.29, 1.82) is 0 Å². The number of nitrogens with zero attached hydrogens (tertiary/aromatic N) is 1. The summed E-state index contributed by atoms with van der Waals surface area (Å²) in [5, 5.41) is 6.09. The molecule has 0 aliphatic carbocycles. The van der Waals surface area contributed by atoms with Gasteiger partial charge >= 0.3 is 6.18 Å². The number of rotatable bonds is 7. The minimum absolute atomic E-state index is 0. The second kappa shape index (κ2) is 13.1. The number of furan rings is 1. The normalized spacial score (nSPS) is 11.2. The van der Waals surface area contributed by atoms with Gasteiger partial charge < -0.3 is 19.8 Å². The minimum atomic E-state index is -4.37. The monoisotopic (exact) mass is 521 g/mol. The molecule has 0 atom stereocenters. The summed E-state index contributed by atoms with van der Waals surface area (Å²) in [6, 6.07) is 8.60. The highest BCUT2D eigenvalue weighted by molar-refractivity contribution is 14.0. The van der Waals surface area contributed by atoms with Gasteiger partial charge in [-0.25, -0.2) is 0 Å². The predicted molar refractivity (Wildman–Crippen MR) is 116 cm³/mol. The van der Waals surface area contributed by atoms with Crippen LogP contribution in [0.4, 0.5) is 13.2 Å². The highest BCUT2D eigenvalue weighted by Gasteiger charge is 2.30. The smallest absolute Gasteiger partial charge is 0.416 e. The predicted octanol–water partition coefficient (Wildman–Crippen LogP) is 4.04. The molecule has 1 aromatic carbocycles. The minimum Gasteiger partial charge on any atom is -0.467 e. The van der Waals surface area contributed by atoms with Gasteiger partial charge in [0.2, 0.25) is 0 Å². The molecule has 29 heavy (non-hydrogen) atoms. The van der Waals surface area contributed by atoms with Crippen molar-refractivity contribution in [3.05, 3.63) is 59.5 Å². The quantitative estimate of drug-likeness (QED) is 0.190. The number of hydrogen-bond donors (Lipinski definition) is 2. The van der Waals surface area contributed by atoms with E-state index >= 15 is 0 Å². The van der Waals surface area contributed by atoms with Crippen molar-refractivity contribution in [3.63, 3.8) is 0 Å². The van der Waals surface area contributed by atoms with Crippen molar-refractivity contribution in [2.75, 3.05) is 26.7 Å². The van der Waals surface area contributed by atoms with E-state index < -0.39 is 11.7 Å². The topological polar surface area (TPSA) is 58.8 Å². The van der Waals surface area contributed by atoms with Gasteiger partial charge in [-0.15, -0.1) is 24.0 Å². The van der Waals surface area contributed by atoms with Crippen molar-refractivity contribution in [3.8, 4) is 11.8 Å². The summed E-state index contributed by atoms with van der Waals surface area (Å²) in [4.78, 5) is 4.06. The first kappa shape index (κ1) is 24.8. The molecule has 2 rings (SSSR count). The van der Waals surface area contributed by atoms with Gasteiger partial charge in [-0.1, -0.05) is 17.9 Å². The van der Waals surface area contributed by atoms with E-state index in [1.54, 1.807) is 13.3 Å². The lowest BCUT2D eigenvalue weighted by molar-refractivity contribution is -0.137. The summed E-state index contributed by atoms with van der Waals surface area (Å²) in [7, 11) is 1.63. The molecule has 0 fully saturated rings. The van der Waals surface area contributed by atoms with Crippen molar-refractivity contribution < 1.29 is 22.3 Å². The van der Waals surface area contributed by atoms with E-state index in [0.29, 0.717) is 31.3 Å². The zero-order chi connectivity index (χ0) is 20.2. The van der Waals surface area contributed by atoms with E-state index in [-0.39, 0.29) is 30.5 Å². The van der Waals surface area contributed by atoms with Crippen LogP contribution in [0.2, 0.25) is 0 Å². The van der Waals surface area contributed by atoms with Crippen LogP contribution >= 0.6 is 24.0 Å². The summed E-state index contributed by atoms with van der Waals surface area (Å²) in [5.74, 6) is 6.84. The van der Waals surface area contributed by atoms with Crippen molar-refractivity contribution >= 4 is 29.9 Å². The number of benzene rings is 1. The molecule has 0 saturated carbocycles. The van der Waals surface area contributed by atoms with Gasteiger partial charge in [0.1, 0.15) is 12.4 Å². The Hall–Kier alpha value is -2.19. The molecule has 158 valence electrons. The first-order chi connectivity index (χ1) is 13.5. The molecular weight excluding hydrogens is 498 g/mol. The third-order valence-electron chi connectivity index (χ3n) is 3.57. The van der Waals surface area contributed by atoms with Gasteiger partial charge in [-0.2, -0.15) is 13.2 Å². The molecule has 0 radical (unpaired) electrons. The first-order valence-electron chi connectivity index (χ1n) is 8.70. The zero-order valence-electron chi connectivity index (χ0n) is 15.9. The number of hydrogen-bond acceptors (Lipinski definition) is 3. The number of guanidine groups is 1. The Morgan fingerprint density at radius 1 is 1.21 bits per heavy atom. The van der Waals surface area contributed by atoms with Gasteiger partial charge in [0.15, 0.2) is 5.96 Å². The van der Waals surface area contributed by atoms with Crippen LogP contribution in [-0.4, -0.2) is 32.7 Å². The molecular formula is C20H23F3IN3O2. The van der Waals surface area contributed by atoms with Crippen LogP contribution in [0.5, 0.6) is 0 Å². The second-order valence-corrected chi connectivity index (χ2v) is 5.72. The number of halogens is 4. The molecule has 0 saturated heterocycles. The Labute approximate surface area is 185 Å². The van der Waals surface area contributed by atoms with Crippen LogP contribution in [0.15, 0.2) is 52.1 Å². The fourth-order valence-corrected chi connectivity index (χ4v) is 2.22. The van der Waals surface area contributed by atoms with E-state index in [9.17, 15) is 13.2 Å². The second-order valence-electron chi connectivity index (χ2n) is 5.72. The van der Waals surface area contributed by atoms with Crippen LogP contribution in [0.1, 0.15) is 23.3 Å². The average Bonchev–Trinajstić information content (AvgIpc) is 3.19. The molecule has 0 amide bonds. The SMILES string of the molecule is CN=C(NCC#Cc1cccc(C(F)(F)F)c1)NCCCOCc1ccco1.I. The summed E-state index contributed by atoms with van der Waals surface area (Å²) in [6.07, 6.45) is -1.99. The highest BCUT2D eigenvalue weighted by Crippen LogP contribution is 2.29. The van der Waals surface area contributed by atoms with E-state index in [1.165, 1.54) is 12.1 Å². The third-order valence-corrected chi connectivity index (χ3v) is 3.57. The number of nitrogens with one attached hydrogen (secondary N) is 2. The third kappa shape index (κ3) is 9.71. The van der Waals surface area contributed by atoms with Crippen molar-refractivity contribution in [1.82, 2.24) is 10.6 Å². The Morgan fingerprint density at radius 3 is 2.72 bits per heavy atom. The van der Waals surface area contributed by atoms with Crippen molar-refractivity contribution in [2.24, 2.45) is 4.99 Å². The van der Waals surface area contributed by atoms with Crippen LogP contribution in [0.25, 0.3) is 0 Å². The lowest BCUT2D eigenvalue weighted by Crippen LogP contribution is -2.38. The Bertz CT molecular complexity index is 812. The maximum absolute atomic E-state index is 12.7. The summed E-state index contributed by atoms with van der Waals surface area (Å²) >= 11 is 0. The van der Waals surface area contributed by atoms with Gasteiger partial charge in [0.05, 0.1) is 18.4 Å². The molecule has 2 N–H and O–H groups in total. The average molecular weight is 521 g/mol. The molecule has 0 bridgehead atoms. The molecule has 0 spiro atoms. The Balaban J connectivity index is 0.00000420. The first-order valence-corrected chi connectivity index (χ1v) is 8.70. The summed E-state index contributed by atoms with van der Waals surface area (Å²) in [5.41, 5.74) is -0.396. The maximum Gasteiger partial charge on any atom is 0.416 e. The lowest BCUT2D eigenvalue weighted by atomic mass is 10.1. The largest absolute Gasteiger partial charge is 0.467 e. The fraction of sp³-hybridized carbons (Fsp3) is 0.350. The molecule has 0 aliphatic rings. The molecule has 0 unspecified atom stereocenters. The van der Waals surface area contributed by atoms with Gasteiger partial charge in [-0.3, -0.25) is 4.99 Å². The van der Waals surface area contributed by atoms with Crippen LogP contribution < -0.4 is 10.6 Å². The zero-order valence-corrected chi connectivity index (χ0v) is 18.2. The fourth-order valence-electron chi connectivity index (χ4n) is 2.22.